The van der Waals surface area contributed by atoms with Gasteiger partial charge in [0.15, 0.2) is 0 Å². The number of hydrogen-bond acceptors (Lipinski definition) is 2. The lowest BCUT2D eigenvalue weighted by Crippen LogP contribution is -2.39. The topological polar surface area (TPSA) is 41.1 Å². The van der Waals surface area contributed by atoms with Crippen LogP contribution >= 0.6 is 0 Å². The number of amides is 1. The monoisotopic (exact) mass is 254 g/mol. The first-order valence-corrected chi connectivity index (χ1v) is 7.62. The third kappa shape index (κ3) is 6.39. The van der Waals surface area contributed by atoms with Crippen molar-refractivity contribution < 1.29 is 4.79 Å². The molecule has 1 saturated carbocycles. The minimum Gasteiger partial charge on any atom is -0.353 e. The molecular weight excluding hydrogens is 224 g/mol. The molecule has 0 saturated heterocycles. The van der Waals surface area contributed by atoms with E-state index in [0.717, 1.165) is 6.54 Å². The SMILES string of the molecule is CC(C)NCCC(=O)N[C@H](C)C1CCCCCC1. The Labute approximate surface area is 112 Å². The minimum absolute atomic E-state index is 0.194. The maximum absolute atomic E-state index is 11.8. The minimum atomic E-state index is 0.194. The normalized spacial score (nSPS) is 19.6. The lowest BCUT2D eigenvalue weighted by Gasteiger charge is -2.23. The van der Waals surface area contributed by atoms with Gasteiger partial charge in [-0.15, -0.1) is 0 Å². The van der Waals surface area contributed by atoms with E-state index in [-0.39, 0.29) is 5.91 Å². The van der Waals surface area contributed by atoms with Gasteiger partial charge in [-0.1, -0.05) is 39.5 Å². The van der Waals surface area contributed by atoms with Gasteiger partial charge in [0.05, 0.1) is 0 Å². The van der Waals surface area contributed by atoms with Crippen molar-refractivity contribution in [2.24, 2.45) is 5.92 Å². The Morgan fingerprint density at radius 1 is 1.11 bits per heavy atom. The summed E-state index contributed by atoms with van der Waals surface area (Å²) in [5.41, 5.74) is 0. The van der Waals surface area contributed by atoms with Gasteiger partial charge in [-0.2, -0.15) is 0 Å². The average molecular weight is 254 g/mol. The van der Waals surface area contributed by atoms with Crippen molar-refractivity contribution in [1.82, 2.24) is 10.6 Å². The van der Waals surface area contributed by atoms with Crippen LogP contribution in [0.1, 0.15) is 65.7 Å². The number of nitrogens with one attached hydrogen (secondary N) is 2. The van der Waals surface area contributed by atoms with E-state index in [1.54, 1.807) is 0 Å². The van der Waals surface area contributed by atoms with Gasteiger partial charge >= 0.3 is 0 Å². The van der Waals surface area contributed by atoms with Crippen molar-refractivity contribution in [3.8, 4) is 0 Å². The molecule has 0 spiro atoms. The molecule has 2 N–H and O–H groups in total. The Balaban J connectivity index is 2.20. The summed E-state index contributed by atoms with van der Waals surface area (Å²) in [7, 11) is 0. The van der Waals surface area contributed by atoms with Crippen LogP contribution in [0.3, 0.4) is 0 Å². The molecule has 0 bridgehead atoms. The van der Waals surface area contributed by atoms with Gasteiger partial charge in [-0.25, -0.2) is 0 Å². The van der Waals surface area contributed by atoms with Crippen molar-refractivity contribution in [2.75, 3.05) is 6.54 Å². The highest BCUT2D eigenvalue weighted by Gasteiger charge is 2.20. The highest BCUT2D eigenvalue weighted by molar-refractivity contribution is 5.76. The van der Waals surface area contributed by atoms with Crippen LogP contribution in [0.4, 0.5) is 0 Å². The number of hydrogen-bond donors (Lipinski definition) is 2. The Hall–Kier alpha value is -0.570. The molecule has 0 aromatic heterocycles. The number of carbonyl (C=O) groups excluding carboxylic acids is 1. The molecular formula is C15H30N2O. The molecule has 1 aliphatic carbocycles. The predicted octanol–water partition coefficient (Wildman–Crippen LogP) is 2.85. The Kier molecular flexibility index (Phi) is 7.33. The van der Waals surface area contributed by atoms with Crippen LogP contribution in [-0.4, -0.2) is 24.5 Å². The van der Waals surface area contributed by atoms with Gasteiger partial charge in [-0.3, -0.25) is 4.79 Å². The standard InChI is InChI=1S/C15H30N2O/c1-12(2)16-11-10-15(18)17-13(3)14-8-6-4-5-7-9-14/h12-14,16H,4-11H2,1-3H3,(H,17,18)/t13-/m1/s1. The van der Waals surface area contributed by atoms with Crippen molar-refractivity contribution in [3.05, 3.63) is 0 Å². The largest absolute Gasteiger partial charge is 0.353 e. The first kappa shape index (κ1) is 15.5. The maximum Gasteiger partial charge on any atom is 0.221 e. The smallest absolute Gasteiger partial charge is 0.221 e. The molecule has 3 nitrogen and oxygen atoms in total. The Morgan fingerprint density at radius 3 is 2.28 bits per heavy atom. The van der Waals surface area contributed by atoms with E-state index in [9.17, 15) is 4.79 Å². The second kappa shape index (κ2) is 8.52. The first-order chi connectivity index (χ1) is 8.59. The van der Waals surface area contributed by atoms with Crippen molar-refractivity contribution in [2.45, 2.75) is 77.8 Å². The van der Waals surface area contributed by atoms with Crippen molar-refractivity contribution in [1.29, 1.82) is 0 Å². The number of carbonyl (C=O) groups is 1. The van der Waals surface area contributed by atoms with Gasteiger partial charge in [0.1, 0.15) is 0 Å². The molecule has 3 heteroatoms. The zero-order valence-electron chi connectivity index (χ0n) is 12.3. The molecule has 0 aromatic carbocycles. The Bertz CT molecular complexity index is 233. The summed E-state index contributed by atoms with van der Waals surface area (Å²) in [6, 6.07) is 0.798. The molecule has 0 heterocycles. The van der Waals surface area contributed by atoms with Crippen LogP contribution in [0.2, 0.25) is 0 Å². The molecule has 1 atom stereocenters. The van der Waals surface area contributed by atoms with Crippen molar-refractivity contribution >= 4 is 5.91 Å². The second-order valence-corrected chi connectivity index (χ2v) is 5.97. The van der Waals surface area contributed by atoms with Gasteiger partial charge in [-0.05, 0) is 25.7 Å². The van der Waals surface area contributed by atoms with E-state index in [1.807, 2.05) is 0 Å². The zero-order valence-corrected chi connectivity index (χ0v) is 12.3. The fourth-order valence-corrected chi connectivity index (χ4v) is 2.73. The zero-order chi connectivity index (χ0) is 13.4. The summed E-state index contributed by atoms with van der Waals surface area (Å²) in [5, 5.41) is 6.45. The van der Waals surface area contributed by atoms with E-state index in [2.05, 4.69) is 31.4 Å². The highest BCUT2D eigenvalue weighted by atomic mass is 16.1. The average Bonchev–Trinajstić information content (AvgIpc) is 2.56. The van der Waals surface area contributed by atoms with Crippen molar-refractivity contribution in [3.63, 3.8) is 0 Å². The van der Waals surface area contributed by atoms with E-state index in [0.29, 0.717) is 24.4 Å². The summed E-state index contributed by atoms with van der Waals surface area (Å²) < 4.78 is 0. The maximum atomic E-state index is 11.8. The second-order valence-electron chi connectivity index (χ2n) is 5.97. The highest BCUT2D eigenvalue weighted by Crippen LogP contribution is 2.25. The molecule has 1 aliphatic rings. The molecule has 0 aliphatic heterocycles. The van der Waals surface area contributed by atoms with Crippen LogP contribution in [0.5, 0.6) is 0 Å². The Morgan fingerprint density at radius 2 is 1.72 bits per heavy atom. The molecule has 0 unspecified atom stereocenters. The lowest BCUT2D eigenvalue weighted by atomic mass is 9.93. The predicted molar refractivity (Wildman–Crippen MR) is 76.6 cm³/mol. The number of rotatable bonds is 6. The third-order valence-electron chi connectivity index (χ3n) is 3.90. The molecule has 106 valence electrons. The fourth-order valence-electron chi connectivity index (χ4n) is 2.73. The molecule has 18 heavy (non-hydrogen) atoms. The third-order valence-corrected chi connectivity index (χ3v) is 3.90. The first-order valence-electron chi connectivity index (χ1n) is 7.62. The summed E-state index contributed by atoms with van der Waals surface area (Å²) in [4.78, 5) is 11.8. The molecule has 0 aromatic rings. The van der Waals surface area contributed by atoms with Gasteiger partial charge in [0.25, 0.3) is 0 Å². The molecule has 1 rings (SSSR count). The molecule has 1 amide bonds. The summed E-state index contributed by atoms with van der Waals surface area (Å²) in [6.07, 6.45) is 8.57. The van der Waals surface area contributed by atoms with Gasteiger partial charge < -0.3 is 10.6 Å². The lowest BCUT2D eigenvalue weighted by molar-refractivity contribution is -0.122. The van der Waals surface area contributed by atoms with Crippen LogP contribution in [-0.2, 0) is 4.79 Å². The van der Waals surface area contributed by atoms with Gasteiger partial charge in [0, 0.05) is 25.0 Å². The van der Waals surface area contributed by atoms with Crippen LogP contribution in [0, 0.1) is 5.92 Å². The van der Waals surface area contributed by atoms with E-state index >= 15 is 0 Å². The van der Waals surface area contributed by atoms with E-state index in [1.165, 1.54) is 38.5 Å². The fraction of sp³-hybridized carbons (Fsp3) is 0.933. The van der Waals surface area contributed by atoms with E-state index < -0.39 is 0 Å². The van der Waals surface area contributed by atoms with Crippen LogP contribution < -0.4 is 10.6 Å². The summed E-state index contributed by atoms with van der Waals surface area (Å²) in [6.45, 7) is 7.16. The molecule has 1 fully saturated rings. The van der Waals surface area contributed by atoms with Crippen LogP contribution in [0.25, 0.3) is 0 Å². The summed E-state index contributed by atoms with van der Waals surface area (Å²) >= 11 is 0. The quantitative estimate of drug-likeness (QED) is 0.716. The van der Waals surface area contributed by atoms with Gasteiger partial charge in [0.2, 0.25) is 5.91 Å². The molecule has 0 radical (unpaired) electrons. The van der Waals surface area contributed by atoms with Crippen LogP contribution in [0.15, 0.2) is 0 Å². The summed E-state index contributed by atoms with van der Waals surface area (Å²) in [5.74, 6) is 0.884. The van der Waals surface area contributed by atoms with E-state index in [4.69, 9.17) is 0 Å².